The molecule has 0 aromatic carbocycles. The molecule has 10 heteroatoms. The summed E-state index contributed by atoms with van der Waals surface area (Å²) >= 11 is 0. The Bertz CT molecular complexity index is 536. The Kier molecular flexibility index (Phi) is 3.69. The van der Waals surface area contributed by atoms with Crippen LogP contribution in [0.4, 0.5) is 18.9 Å². The molecule has 0 saturated carbocycles. The van der Waals surface area contributed by atoms with Crippen LogP contribution in [-0.2, 0) is 17.9 Å². The van der Waals surface area contributed by atoms with Gasteiger partial charge in [-0.05, 0) is 0 Å². The van der Waals surface area contributed by atoms with Gasteiger partial charge in [0.05, 0.1) is 11.9 Å². The zero-order valence-corrected chi connectivity index (χ0v) is 9.59. The Morgan fingerprint density at radius 3 is 2.84 bits per heavy atom. The summed E-state index contributed by atoms with van der Waals surface area (Å²) in [4.78, 5) is 3.86. The van der Waals surface area contributed by atoms with Crippen LogP contribution in [0.1, 0.15) is 11.7 Å². The van der Waals surface area contributed by atoms with Crippen LogP contribution in [0.2, 0.25) is 0 Å². The molecule has 0 spiro atoms. The molecule has 0 bridgehead atoms. The lowest BCUT2D eigenvalue weighted by Crippen LogP contribution is -2.17. The number of hydrogen-bond donors (Lipinski definition) is 1. The van der Waals surface area contributed by atoms with Crippen molar-refractivity contribution < 1.29 is 22.4 Å². The van der Waals surface area contributed by atoms with Crippen LogP contribution >= 0.6 is 0 Å². The standard InChI is InChI=1S/C9H10F3N5O2/c10-9(11,12)5-18-4-7-15-8(19-16-7)3-17-2-6(13)1-14-17/h1-2H,3-5,13H2. The third kappa shape index (κ3) is 4.25. The zero-order valence-electron chi connectivity index (χ0n) is 9.59. The second-order valence-electron chi connectivity index (χ2n) is 3.68. The molecule has 0 aliphatic heterocycles. The van der Waals surface area contributed by atoms with Gasteiger partial charge in [-0.25, -0.2) is 0 Å². The molecule has 19 heavy (non-hydrogen) atoms. The lowest BCUT2D eigenvalue weighted by Gasteiger charge is -2.04. The van der Waals surface area contributed by atoms with E-state index in [1.54, 1.807) is 6.20 Å². The summed E-state index contributed by atoms with van der Waals surface area (Å²) < 4.78 is 46.2. The third-order valence-electron chi connectivity index (χ3n) is 1.96. The van der Waals surface area contributed by atoms with Crippen molar-refractivity contribution in [2.75, 3.05) is 12.3 Å². The smallest absolute Gasteiger partial charge is 0.396 e. The molecule has 104 valence electrons. The van der Waals surface area contributed by atoms with Gasteiger partial charge < -0.3 is 15.0 Å². The Balaban J connectivity index is 1.85. The molecule has 2 heterocycles. The fourth-order valence-electron chi connectivity index (χ4n) is 1.28. The highest BCUT2D eigenvalue weighted by Gasteiger charge is 2.27. The number of halogens is 3. The number of nitrogens with two attached hydrogens (primary N) is 1. The van der Waals surface area contributed by atoms with Gasteiger partial charge >= 0.3 is 6.18 Å². The first kappa shape index (κ1) is 13.3. The molecule has 2 aromatic rings. The Morgan fingerprint density at radius 1 is 1.42 bits per heavy atom. The molecule has 0 radical (unpaired) electrons. The SMILES string of the molecule is Nc1cnn(Cc2nc(COCC(F)(F)F)no2)c1. The third-order valence-corrected chi connectivity index (χ3v) is 1.96. The van der Waals surface area contributed by atoms with Crippen molar-refractivity contribution in [3.8, 4) is 0 Å². The molecule has 0 atom stereocenters. The highest BCUT2D eigenvalue weighted by atomic mass is 19.4. The molecule has 0 amide bonds. The van der Waals surface area contributed by atoms with E-state index in [4.69, 9.17) is 10.3 Å². The van der Waals surface area contributed by atoms with E-state index in [1.807, 2.05) is 0 Å². The maximum Gasteiger partial charge on any atom is 0.411 e. The fourth-order valence-corrected chi connectivity index (χ4v) is 1.28. The molecule has 0 saturated heterocycles. The average Bonchev–Trinajstić information content (AvgIpc) is 2.87. The van der Waals surface area contributed by atoms with E-state index < -0.39 is 12.8 Å². The van der Waals surface area contributed by atoms with Gasteiger partial charge in [-0.3, -0.25) is 4.68 Å². The minimum atomic E-state index is -4.38. The Labute approximate surface area is 105 Å². The summed E-state index contributed by atoms with van der Waals surface area (Å²) in [6.45, 7) is -1.54. The molecular weight excluding hydrogens is 267 g/mol. The van der Waals surface area contributed by atoms with Gasteiger partial charge in [0, 0.05) is 6.20 Å². The quantitative estimate of drug-likeness (QED) is 0.875. The monoisotopic (exact) mass is 277 g/mol. The fraction of sp³-hybridized carbons (Fsp3) is 0.444. The molecule has 2 aromatic heterocycles. The number of aromatic nitrogens is 4. The minimum absolute atomic E-state index is 0.0411. The lowest BCUT2D eigenvalue weighted by atomic mass is 10.6. The summed E-state index contributed by atoms with van der Waals surface area (Å²) in [5.74, 6) is 0.244. The van der Waals surface area contributed by atoms with Crippen LogP contribution in [0, 0.1) is 0 Å². The summed E-state index contributed by atoms with van der Waals surface area (Å²) in [6.07, 6.45) is -1.37. The minimum Gasteiger partial charge on any atom is -0.396 e. The number of hydrogen-bond acceptors (Lipinski definition) is 6. The van der Waals surface area contributed by atoms with Gasteiger partial charge in [0.2, 0.25) is 5.89 Å². The van der Waals surface area contributed by atoms with E-state index in [2.05, 4.69) is 20.0 Å². The van der Waals surface area contributed by atoms with E-state index in [1.165, 1.54) is 10.9 Å². The van der Waals surface area contributed by atoms with Crippen LogP contribution in [-0.4, -0.2) is 32.7 Å². The Morgan fingerprint density at radius 2 is 2.21 bits per heavy atom. The maximum atomic E-state index is 11.8. The van der Waals surface area contributed by atoms with Gasteiger partial charge in [-0.1, -0.05) is 5.16 Å². The molecule has 0 fully saturated rings. The van der Waals surface area contributed by atoms with Crippen molar-refractivity contribution in [1.29, 1.82) is 0 Å². The van der Waals surface area contributed by atoms with E-state index >= 15 is 0 Å². The highest BCUT2D eigenvalue weighted by molar-refractivity contribution is 5.30. The topological polar surface area (TPSA) is 92.0 Å². The number of nitrogens with zero attached hydrogens (tertiary/aromatic N) is 4. The Hall–Kier alpha value is -2.10. The normalized spacial score (nSPS) is 11.9. The van der Waals surface area contributed by atoms with E-state index in [9.17, 15) is 13.2 Å². The van der Waals surface area contributed by atoms with Crippen LogP contribution in [0.15, 0.2) is 16.9 Å². The van der Waals surface area contributed by atoms with E-state index in [-0.39, 0.29) is 24.9 Å². The summed E-state index contributed by atoms with van der Waals surface area (Å²) in [5, 5.41) is 7.39. The molecule has 2 N–H and O–H groups in total. The van der Waals surface area contributed by atoms with Crippen LogP contribution < -0.4 is 5.73 Å². The number of anilines is 1. The molecular formula is C9H10F3N5O2. The predicted octanol–water partition coefficient (Wildman–Crippen LogP) is 0.975. The maximum absolute atomic E-state index is 11.8. The van der Waals surface area contributed by atoms with E-state index in [0.717, 1.165) is 0 Å². The van der Waals surface area contributed by atoms with Crippen molar-refractivity contribution in [2.45, 2.75) is 19.3 Å². The molecule has 0 aliphatic rings. The van der Waals surface area contributed by atoms with Crippen molar-refractivity contribution in [1.82, 2.24) is 19.9 Å². The molecule has 2 rings (SSSR count). The average molecular weight is 277 g/mol. The van der Waals surface area contributed by atoms with E-state index in [0.29, 0.717) is 5.69 Å². The number of rotatable bonds is 5. The summed E-state index contributed by atoms with van der Waals surface area (Å²) in [6, 6.07) is 0. The lowest BCUT2D eigenvalue weighted by molar-refractivity contribution is -0.177. The molecule has 7 nitrogen and oxygen atoms in total. The first-order chi connectivity index (χ1) is 8.92. The van der Waals surface area contributed by atoms with Crippen LogP contribution in [0.5, 0.6) is 0 Å². The molecule has 0 aliphatic carbocycles. The molecule has 0 unspecified atom stereocenters. The van der Waals surface area contributed by atoms with Gasteiger partial charge in [-0.15, -0.1) is 0 Å². The van der Waals surface area contributed by atoms with Crippen molar-refractivity contribution in [3.63, 3.8) is 0 Å². The first-order valence-electron chi connectivity index (χ1n) is 5.16. The van der Waals surface area contributed by atoms with Gasteiger partial charge in [0.25, 0.3) is 0 Å². The summed E-state index contributed by atoms with van der Waals surface area (Å²) in [5.41, 5.74) is 5.95. The van der Waals surface area contributed by atoms with Gasteiger partial charge in [-0.2, -0.15) is 23.3 Å². The van der Waals surface area contributed by atoms with Gasteiger partial charge in [0.1, 0.15) is 19.8 Å². The number of nitrogen functional groups attached to an aromatic ring is 1. The largest absolute Gasteiger partial charge is 0.411 e. The number of ether oxygens (including phenoxy) is 1. The second kappa shape index (κ2) is 5.26. The summed E-state index contributed by atoms with van der Waals surface area (Å²) in [7, 11) is 0. The van der Waals surface area contributed by atoms with Crippen LogP contribution in [0.3, 0.4) is 0 Å². The zero-order chi connectivity index (χ0) is 13.9. The second-order valence-corrected chi connectivity index (χ2v) is 3.68. The van der Waals surface area contributed by atoms with Crippen molar-refractivity contribution >= 4 is 5.69 Å². The predicted molar refractivity (Wildman–Crippen MR) is 55.8 cm³/mol. The van der Waals surface area contributed by atoms with Gasteiger partial charge in [0.15, 0.2) is 5.82 Å². The first-order valence-corrected chi connectivity index (χ1v) is 5.16. The van der Waals surface area contributed by atoms with Crippen molar-refractivity contribution in [2.24, 2.45) is 0 Å². The number of alkyl halides is 3. The highest BCUT2D eigenvalue weighted by Crippen LogP contribution is 2.15. The van der Waals surface area contributed by atoms with Crippen LogP contribution in [0.25, 0.3) is 0 Å². The van der Waals surface area contributed by atoms with Crippen molar-refractivity contribution in [3.05, 3.63) is 24.1 Å².